The van der Waals surface area contributed by atoms with Gasteiger partial charge in [0, 0.05) is 0 Å². The van der Waals surface area contributed by atoms with Gasteiger partial charge in [0.2, 0.25) is 0 Å². The van der Waals surface area contributed by atoms with Gasteiger partial charge in [-0.05, 0) is 24.3 Å². The van der Waals surface area contributed by atoms with Gasteiger partial charge in [-0.15, -0.1) is 0 Å². The highest BCUT2D eigenvalue weighted by molar-refractivity contribution is 7.86. The van der Waals surface area contributed by atoms with E-state index < -0.39 is 10.1 Å². The molecule has 0 aliphatic heterocycles. The smallest absolute Gasteiger partial charge is 0.297 e. The molecular weight excluding hydrogens is 256 g/mol. The molecule has 2 aromatic rings. The van der Waals surface area contributed by atoms with Crippen LogP contribution in [0.3, 0.4) is 0 Å². The van der Waals surface area contributed by atoms with Crippen molar-refractivity contribution in [1.29, 1.82) is 0 Å². The Kier molecular flexibility index (Phi) is 3.81. The highest BCUT2D eigenvalue weighted by Gasteiger charge is 2.15. The van der Waals surface area contributed by atoms with E-state index in [9.17, 15) is 8.42 Å². The van der Waals surface area contributed by atoms with E-state index in [4.69, 9.17) is 13.7 Å². The van der Waals surface area contributed by atoms with E-state index in [0.717, 1.165) is 0 Å². The zero-order chi connectivity index (χ0) is 13.0. The zero-order valence-corrected chi connectivity index (χ0v) is 10.3. The highest BCUT2D eigenvalue weighted by Crippen LogP contribution is 2.15. The molecule has 0 amide bonds. The molecule has 6 heteroatoms. The number of hydrogen-bond acceptors (Lipinski definition) is 5. The second-order valence-electron chi connectivity index (χ2n) is 3.56. The summed E-state index contributed by atoms with van der Waals surface area (Å²) in [7, 11) is -3.78. The van der Waals surface area contributed by atoms with Crippen LogP contribution in [-0.2, 0) is 27.5 Å². The van der Waals surface area contributed by atoms with Crippen LogP contribution in [0.25, 0.3) is 0 Å². The lowest BCUT2D eigenvalue weighted by Gasteiger charge is -2.03. The highest BCUT2D eigenvalue weighted by atomic mass is 32.2. The molecule has 0 aliphatic carbocycles. The Hall–Kier alpha value is -1.63. The van der Waals surface area contributed by atoms with Crippen LogP contribution in [0, 0.1) is 0 Å². The van der Waals surface area contributed by atoms with Crippen molar-refractivity contribution in [1.82, 2.24) is 0 Å². The second-order valence-corrected chi connectivity index (χ2v) is 5.17. The fourth-order valence-electron chi connectivity index (χ4n) is 1.38. The SMILES string of the molecule is O=S(=O)(OCc1ccc(CO)o1)c1ccccc1. The summed E-state index contributed by atoms with van der Waals surface area (Å²) in [6.45, 7) is -0.428. The third kappa shape index (κ3) is 2.98. The van der Waals surface area contributed by atoms with Crippen LogP contribution < -0.4 is 0 Å². The fourth-order valence-corrected chi connectivity index (χ4v) is 2.27. The first kappa shape index (κ1) is 12.8. The van der Waals surface area contributed by atoms with Gasteiger partial charge in [0.05, 0.1) is 4.90 Å². The van der Waals surface area contributed by atoms with E-state index in [2.05, 4.69) is 0 Å². The van der Waals surface area contributed by atoms with Crippen LogP contribution in [0.5, 0.6) is 0 Å². The van der Waals surface area contributed by atoms with Crippen molar-refractivity contribution in [2.75, 3.05) is 0 Å². The summed E-state index contributed by atoms with van der Waals surface area (Å²) in [5.74, 6) is 0.712. The maximum atomic E-state index is 11.8. The minimum absolute atomic E-state index is 0.0962. The average Bonchev–Trinajstić information content (AvgIpc) is 2.86. The molecule has 1 aromatic heterocycles. The summed E-state index contributed by atoms with van der Waals surface area (Å²) < 4.78 is 33.5. The van der Waals surface area contributed by atoms with Gasteiger partial charge in [0.1, 0.15) is 24.7 Å². The van der Waals surface area contributed by atoms with Crippen molar-refractivity contribution in [2.24, 2.45) is 0 Å². The number of rotatable bonds is 5. The third-order valence-corrected chi connectivity index (χ3v) is 3.54. The summed E-state index contributed by atoms with van der Waals surface area (Å²) in [6.07, 6.45) is 0. The van der Waals surface area contributed by atoms with E-state index in [-0.39, 0.29) is 18.1 Å². The van der Waals surface area contributed by atoms with Crippen molar-refractivity contribution >= 4 is 10.1 Å². The minimum Gasteiger partial charge on any atom is -0.461 e. The Morgan fingerprint density at radius 3 is 2.33 bits per heavy atom. The van der Waals surface area contributed by atoms with Crippen LogP contribution in [0.4, 0.5) is 0 Å². The Morgan fingerprint density at radius 2 is 1.72 bits per heavy atom. The number of aliphatic hydroxyl groups excluding tert-OH is 1. The van der Waals surface area contributed by atoms with Crippen LogP contribution in [0.1, 0.15) is 11.5 Å². The molecule has 0 aliphatic rings. The molecule has 1 aromatic carbocycles. The Balaban J connectivity index is 2.06. The van der Waals surface area contributed by atoms with Gasteiger partial charge >= 0.3 is 0 Å². The lowest BCUT2D eigenvalue weighted by molar-refractivity contribution is 0.226. The maximum Gasteiger partial charge on any atom is 0.297 e. The average molecular weight is 268 g/mol. The molecule has 0 bridgehead atoms. The van der Waals surface area contributed by atoms with E-state index >= 15 is 0 Å². The lowest BCUT2D eigenvalue weighted by Crippen LogP contribution is -2.05. The van der Waals surface area contributed by atoms with Crippen molar-refractivity contribution < 1.29 is 22.1 Å². The summed E-state index contributed by atoms with van der Waals surface area (Å²) in [5, 5.41) is 8.80. The van der Waals surface area contributed by atoms with Gasteiger partial charge in [-0.2, -0.15) is 8.42 Å². The first-order chi connectivity index (χ1) is 8.62. The normalized spacial score (nSPS) is 11.6. The van der Waals surface area contributed by atoms with Crippen molar-refractivity contribution in [3.05, 3.63) is 54.0 Å². The van der Waals surface area contributed by atoms with Crippen LogP contribution >= 0.6 is 0 Å². The van der Waals surface area contributed by atoms with Crippen molar-refractivity contribution in [3.63, 3.8) is 0 Å². The molecule has 0 saturated heterocycles. The molecule has 0 spiro atoms. The molecule has 2 rings (SSSR count). The Morgan fingerprint density at radius 1 is 1.06 bits per heavy atom. The molecule has 1 heterocycles. The maximum absolute atomic E-state index is 11.8. The van der Waals surface area contributed by atoms with Gasteiger partial charge in [-0.3, -0.25) is 4.18 Å². The number of hydrogen-bond donors (Lipinski definition) is 1. The van der Waals surface area contributed by atoms with Gasteiger partial charge in [0.25, 0.3) is 10.1 Å². The van der Waals surface area contributed by atoms with Gasteiger partial charge in [-0.1, -0.05) is 18.2 Å². The topological polar surface area (TPSA) is 76.7 Å². The van der Waals surface area contributed by atoms with Crippen molar-refractivity contribution in [2.45, 2.75) is 18.1 Å². The summed E-state index contributed by atoms with van der Waals surface area (Å²) in [4.78, 5) is 0.0962. The van der Waals surface area contributed by atoms with E-state index in [1.54, 1.807) is 30.3 Å². The molecule has 96 valence electrons. The van der Waals surface area contributed by atoms with Gasteiger partial charge < -0.3 is 9.52 Å². The van der Waals surface area contributed by atoms with E-state index in [0.29, 0.717) is 11.5 Å². The zero-order valence-electron chi connectivity index (χ0n) is 9.44. The Labute approximate surface area is 105 Å². The van der Waals surface area contributed by atoms with E-state index in [1.165, 1.54) is 12.1 Å². The quantitative estimate of drug-likeness (QED) is 0.835. The number of furan rings is 1. The predicted molar refractivity (Wildman–Crippen MR) is 63.0 cm³/mol. The second kappa shape index (κ2) is 5.34. The minimum atomic E-state index is -3.78. The first-order valence-corrected chi connectivity index (χ1v) is 6.65. The molecule has 0 fully saturated rings. The van der Waals surface area contributed by atoms with Crippen molar-refractivity contribution in [3.8, 4) is 0 Å². The molecule has 0 atom stereocenters. The Bertz CT molecular complexity index is 600. The van der Waals surface area contributed by atoms with Crippen LogP contribution in [0.15, 0.2) is 51.8 Å². The number of benzene rings is 1. The monoisotopic (exact) mass is 268 g/mol. The third-order valence-electron chi connectivity index (χ3n) is 2.26. The lowest BCUT2D eigenvalue weighted by atomic mass is 10.4. The van der Waals surface area contributed by atoms with Gasteiger partial charge in [-0.25, -0.2) is 0 Å². The van der Waals surface area contributed by atoms with Gasteiger partial charge in [0.15, 0.2) is 0 Å². The molecule has 0 unspecified atom stereocenters. The largest absolute Gasteiger partial charge is 0.461 e. The summed E-state index contributed by atoms with van der Waals surface area (Å²) in [5.41, 5.74) is 0. The summed E-state index contributed by atoms with van der Waals surface area (Å²) in [6, 6.07) is 11.0. The molecule has 1 N–H and O–H groups in total. The fraction of sp³-hybridized carbons (Fsp3) is 0.167. The molecule has 5 nitrogen and oxygen atoms in total. The number of aliphatic hydroxyl groups is 1. The summed E-state index contributed by atoms with van der Waals surface area (Å²) >= 11 is 0. The first-order valence-electron chi connectivity index (χ1n) is 5.25. The van der Waals surface area contributed by atoms with Crippen LogP contribution in [0.2, 0.25) is 0 Å². The standard InChI is InChI=1S/C12H12O5S/c13-8-10-6-7-11(17-10)9-16-18(14,15)12-4-2-1-3-5-12/h1-7,13H,8-9H2. The van der Waals surface area contributed by atoms with E-state index in [1.807, 2.05) is 0 Å². The van der Waals surface area contributed by atoms with Crippen LogP contribution in [-0.4, -0.2) is 13.5 Å². The molecular formula is C12H12O5S. The predicted octanol–water partition coefficient (Wildman–Crippen LogP) is 1.68. The molecule has 0 radical (unpaired) electrons. The molecule has 18 heavy (non-hydrogen) atoms. The molecule has 0 saturated carbocycles.